The first kappa shape index (κ1) is 12.5. The summed E-state index contributed by atoms with van der Waals surface area (Å²) < 4.78 is 0.923. The molecule has 1 aromatic rings. The summed E-state index contributed by atoms with van der Waals surface area (Å²) in [6.07, 6.45) is 2.00. The maximum atomic E-state index is 11.8. The number of hydrogen-bond acceptors (Lipinski definition) is 3. The van der Waals surface area contributed by atoms with Crippen LogP contribution in [0.5, 0.6) is 0 Å². The molecule has 4 nitrogen and oxygen atoms in total. The molecule has 3 rings (SSSR count). The van der Waals surface area contributed by atoms with Crippen LogP contribution in [0.15, 0.2) is 22.7 Å². The lowest BCUT2D eigenvalue weighted by molar-refractivity contribution is -0.122. The molecule has 2 heterocycles. The summed E-state index contributed by atoms with van der Waals surface area (Å²) in [5.41, 5.74) is 1.72. The zero-order valence-corrected chi connectivity index (χ0v) is 12.0. The zero-order valence-electron chi connectivity index (χ0n) is 10.4. The highest BCUT2D eigenvalue weighted by molar-refractivity contribution is 9.10. The Morgan fingerprint density at radius 2 is 2.32 bits per heavy atom. The summed E-state index contributed by atoms with van der Waals surface area (Å²) in [5, 5.41) is 11.9. The third kappa shape index (κ3) is 2.10. The Kier molecular flexibility index (Phi) is 3.19. The van der Waals surface area contributed by atoms with Crippen LogP contribution in [0.3, 0.4) is 0 Å². The van der Waals surface area contributed by atoms with E-state index in [1.54, 1.807) is 0 Å². The smallest absolute Gasteiger partial charge is 0.225 e. The normalized spacial score (nSPS) is 25.7. The SMILES string of the molecule is N#Cc1ccc(N2CCCC3C(=O)NCC32)c(Br)c1. The highest BCUT2D eigenvalue weighted by atomic mass is 79.9. The summed E-state index contributed by atoms with van der Waals surface area (Å²) in [6, 6.07) is 8.01. The van der Waals surface area contributed by atoms with Gasteiger partial charge in [-0.2, -0.15) is 5.26 Å². The largest absolute Gasteiger partial charge is 0.365 e. The summed E-state index contributed by atoms with van der Waals surface area (Å²) in [4.78, 5) is 14.1. The molecule has 2 unspecified atom stereocenters. The number of amides is 1. The summed E-state index contributed by atoms with van der Waals surface area (Å²) in [6.45, 7) is 1.68. The fourth-order valence-corrected chi connectivity index (χ4v) is 3.67. The van der Waals surface area contributed by atoms with Crippen molar-refractivity contribution in [3.05, 3.63) is 28.2 Å². The van der Waals surface area contributed by atoms with Crippen LogP contribution in [0.4, 0.5) is 5.69 Å². The van der Waals surface area contributed by atoms with E-state index in [0.29, 0.717) is 5.56 Å². The molecule has 0 bridgehead atoms. The first-order valence-corrected chi connectivity index (χ1v) is 7.24. The quantitative estimate of drug-likeness (QED) is 0.861. The predicted molar refractivity (Wildman–Crippen MR) is 75.7 cm³/mol. The van der Waals surface area contributed by atoms with Gasteiger partial charge in [-0.1, -0.05) is 0 Å². The van der Waals surface area contributed by atoms with Gasteiger partial charge >= 0.3 is 0 Å². The molecule has 0 saturated carbocycles. The van der Waals surface area contributed by atoms with Crippen molar-refractivity contribution < 1.29 is 4.79 Å². The Morgan fingerprint density at radius 3 is 3.05 bits per heavy atom. The predicted octanol–water partition coefficient (Wildman–Crippen LogP) is 2.04. The molecular formula is C14H14BrN3O. The number of carbonyl (C=O) groups excluding carboxylic acids is 1. The first-order valence-electron chi connectivity index (χ1n) is 6.44. The van der Waals surface area contributed by atoms with Crippen molar-refractivity contribution in [2.45, 2.75) is 18.9 Å². The lowest BCUT2D eigenvalue weighted by atomic mass is 9.91. The number of fused-ring (bicyclic) bond motifs is 1. The van der Waals surface area contributed by atoms with E-state index in [2.05, 4.69) is 32.2 Å². The summed E-state index contributed by atoms with van der Waals surface area (Å²) in [5.74, 6) is 0.288. The highest BCUT2D eigenvalue weighted by Crippen LogP contribution is 2.35. The third-order valence-corrected chi connectivity index (χ3v) is 4.62. The Bertz CT molecular complexity index is 566. The van der Waals surface area contributed by atoms with Crippen LogP contribution in [0.25, 0.3) is 0 Å². The zero-order chi connectivity index (χ0) is 13.4. The van der Waals surface area contributed by atoms with Crippen LogP contribution < -0.4 is 10.2 Å². The van der Waals surface area contributed by atoms with Gasteiger partial charge in [0, 0.05) is 17.6 Å². The van der Waals surface area contributed by atoms with Crippen molar-refractivity contribution in [2.24, 2.45) is 5.92 Å². The van der Waals surface area contributed by atoms with E-state index in [4.69, 9.17) is 5.26 Å². The molecule has 2 aliphatic rings. The molecule has 2 saturated heterocycles. The van der Waals surface area contributed by atoms with Crippen molar-refractivity contribution in [1.82, 2.24) is 5.32 Å². The van der Waals surface area contributed by atoms with Gasteiger partial charge in [-0.3, -0.25) is 4.79 Å². The van der Waals surface area contributed by atoms with Crippen molar-refractivity contribution in [2.75, 3.05) is 18.0 Å². The molecule has 2 fully saturated rings. The van der Waals surface area contributed by atoms with Crippen LogP contribution in [0.1, 0.15) is 18.4 Å². The standard InChI is InChI=1S/C14H14BrN3O/c15-11-6-9(7-16)3-4-12(11)18-5-1-2-10-13(18)8-17-14(10)19/h3-4,6,10,13H,1-2,5,8H2,(H,17,19). The van der Waals surface area contributed by atoms with Crippen LogP contribution >= 0.6 is 15.9 Å². The number of piperidine rings is 1. The van der Waals surface area contributed by atoms with Gasteiger partial charge in [-0.15, -0.1) is 0 Å². The van der Waals surface area contributed by atoms with Gasteiger partial charge in [0.1, 0.15) is 0 Å². The van der Waals surface area contributed by atoms with Gasteiger partial charge in [-0.05, 0) is 47.0 Å². The second kappa shape index (κ2) is 4.86. The molecule has 0 spiro atoms. The van der Waals surface area contributed by atoms with Crippen molar-refractivity contribution in [3.8, 4) is 6.07 Å². The van der Waals surface area contributed by atoms with Crippen LogP contribution in [0, 0.1) is 17.2 Å². The monoisotopic (exact) mass is 319 g/mol. The van der Waals surface area contributed by atoms with Gasteiger partial charge in [0.15, 0.2) is 0 Å². The number of hydrogen-bond donors (Lipinski definition) is 1. The Labute approximate surface area is 120 Å². The minimum absolute atomic E-state index is 0.108. The fourth-order valence-electron chi connectivity index (χ4n) is 3.06. The molecule has 1 aromatic carbocycles. The van der Waals surface area contributed by atoms with E-state index < -0.39 is 0 Å². The first-order chi connectivity index (χ1) is 9.20. The van der Waals surface area contributed by atoms with Crippen LogP contribution in [-0.4, -0.2) is 25.0 Å². The lowest BCUT2D eigenvalue weighted by Gasteiger charge is -2.38. The molecule has 1 amide bonds. The van der Waals surface area contributed by atoms with Gasteiger partial charge < -0.3 is 10.2 Å². The van der Waals surface area contributed by atoms with E-state index in [-0.39, 0.29) is 17.9 Å². The average Bonchev–Trinajstić information content (AvgIpc) is 2.81. The molecule has 0 aromatic heterocycles. The number of carbonyl (C=O) groups is 1. The molecule has 98 valence electrons. The fraction of sp³-hybridized carbons (Fsp3) is 0.429. The highest BCUT2D eigenvalue weighted by Gasteiger charge is 2.41. The van der Waals surface area contributed by atoms with E-state index in [1.165, 1.54) is 0 Å². The van der Waals surface area contributed by atoms with Gasteiger partial charge in [0.05, 0.1) is 29.3 Å². The minimum Gasteiger partial charge on any atom is -0.365 e. The van der Waals surface area contributed by atoms with E-state index in [9.17, 15) is 4.79 Å². The molecule has 2 aliphatic heterocycles. The molecular weight excluding hydrogens is 306 g/mol. The molecule has 2 atom stereocenters. The van der Waals surface area contributed by atoms with E-state index in [0.717, 1.165) is 36.1 Å². The number of benzene rings is 1. The van der Waals surface area contributed by atoms with Crippen molar-refractivity contribution in [3.63, 3.8) is 0 Å². The van der Waals surface area contributed by atoms with Gasteiger partial charge in [0.2, 0.25) is 5.91 Å². The third-order valence-electron chi connectivity index (χ3n) is 3.99. The van der Waals surface area contributed by atoms with Crippen LogP contribution in [0.2, 0.25) is 0 Å². The van der Waals surface area contributed by atoms with E-state index >= 15 is 0 Å². The van der Waals surface area contributed by atoms with Gasteiger partial charge in [-0.25, -0.2) is 0 Å². The number of nitrogens with zero attached hydrogens (tertiary/aromatic N) is 2. The number of nitriles is 1. The number of rotatable bonds is 1. The Balaban J connectivity index is 1.93. The second-order valence-electron chi connectivity index (χ2n) is 5.03. The topological polar surface area (TPSA) is 56.1 Å². The Hall–Kier alpha value is -1.54. The number of nitrogens with one attached hydrogen (secondary N) is 1. The maximum Gasteiger partial charge on any atom is 0.225 e. The summed E-state index contributed by atoms with van der Waals surface area (Å²) >= 11 is 3.54. The molecule has 0 radical (unpaired) electrons. The molecule has 0 aliphatic carbocycles. The minimum atomic E-state index is 0.108. The Morgan fingerprint density at radius 1 is 1.47 bits per heavy atom. The van der Waals surface area contributed by atoms with Crippen LogP contribution in [-0.2, 0) is 4.79 Å². The maximum absolute atomic E-state index is 11.8. The molecule has 1 N–H and O–H groups in total. The van der Waals surface area contributed by atoms with Crippen molar-refractivity contribution >= 4 is 27.5 Å². The summed E-state index contributed by atoms with van der Waals surface area (Å²) in [7, 11) is 0. The average molecular weight is 320 g/mol. The van der Waals surface area contributed by atoms with Crippen molar-refractivity contribution in [1.29, 1.82) is 5.26 Å². The molecule has 5 heteroatoms. The van der Waals surface area contributed by atoms with E-state index in [1.807, 2.05) is 18.2 Å². The van der Waals surface area contributed by atoms with Gasteiger partial charge in [0.25, 0.3) is 0 Å². The second-order valence-corrected chi connectivity index (χ2v) is 5.89. The number of anilines is 1. The lowest BCUT2D eigenvalue weighted by Crippen LogP contribution is -2.45. The molecule has 19 heavy (non-hydrogen) atoms. The number of halogens is 1.